The van der Waals surface area contributed by atoms with Crippen LogP contribution in [0.3, 0.4) is 0 Å². The lowest BCUT2D eigenvalue weighted by Gasteiger charge is -2.22. The second-order valence-corrected chi connectivity index (χ2v) is 11.0. The molecule has 5 rings (SSSR count). The van der Waals surface area contributed by atoms with Crippen molar-refractivity contribution in [2.75, 3.05) is 13.1 Å². The van der Waals surface area contributed by atoms with Crippen molar-refractivity contribution in [3.8, 4) is 17.2 Å². The number of hydrogen-bond donors (Lipinski definition) is 0. The molecular formula is C33H31ClF3NO5. The first-order valence-electron chi connectivity index (χ1n) is 14.3. The first-order valence-corrected chi connectivity index (χ1v) is 14.7. The molecule has 6 nitrogen and oxygen atoms in total. The van der Waals surface area contributed by atoms with Gasteiger partial charge in [0.25, 0.3) is 5.76 Å². The quantitative estimate of drug-likeness (QED) is 0.146. The van der Waals surface area contributed by atoms with Gasteiger partial charge in [-0.3, -0.25) is 9.69 Å². The van der Waals surface area contributed by atoms with Crippen molar-refractivity contribution in [3.63, 3.8) is 0 Å². The van der Waals surface area contributed by atoms with Gasteiger partial charge in [-0.1, -0.05) is 49.9 Å². The van der Waals surface area contributed by atoms with Crippen LogP contribution in [0.2, 0.25) is 5.02 Å². The summed E-state index contributed by atoms with van der Waals surface area (Å²) in [4.78, 5) is 28.7. The topological polar surface area (TPSA) is 69.0 Å². The van der Waals surface area contributed by atoms with Gasteiger partial charge in [0.2, 0.25) is 11.2 Å². The second kappa shape index (κ2) is 13.2. The SMILES string of the molecule is CCCc1ccc(Oc2c(C(F)(F)F)oc3c(CN4CCCCCC4)c(OC(=O)c4ccc(Cl)cc4)ccc3c2=O)cc1. The molecule has 0 unspecified atom stereocenters. The number of halogens is 4. The van der Waals surface area contributed by atoms with Crippen molar-refractivity contribution in [2.45, 2.75) is 58.2 Å². The maximum Gasteiger partial charge on any atom is 0.453 e. The number of aryl methyl sites for hydroxylation is 1. The van der Waals surface area contributed by atoms with Crippen LogP contribution in [0.5, 0.6) is 17.2 Å². The molecule has 0 spiro atoms. The largest absolute Gasteiger partial charge is 0.453 e. The fourth-order valence-electron chi connectivity index (χ4n) is 5.20. The number of nitrogens with zero attached hydrogens (tertiary/aromatic N) is 1. The van der Waals surface area contributed by atoms with E-state index in [1.54, 1.807) is 12.1 Å². The van der Waals surface area contributed by atoms with Crippen LogP contribution in [0.25, 0.3) is 11.0 Å². The minimum Gasteiger partial charge on any atom is -0.449 e. The second-order valence-electron chi connectivity index (χ2n) is 10.6. The monoisotopic (exact) mass is 613 g/mol. The van der Waals surface area contributed by atoms with Crippen molar-refractivity contribution < 1.29 is 31.9 Å². The van der Waals surface area contributed by atoms with E-state index in [1.807, 2.05) is 6.92 Å². The van der Waals surface area contributed by atoms with Crippen LogP contribution >= 0.6 is 11.6 Å². The zero-order valence-corrected chi connectivity index (χ0v) is 24.4. The smallest absolute Gasteiger partial charge is 0.449 e. The summed E-state index contributed by atoms with van der Waals surface area (Å²) in [5.74, 6) is -3.14. The number of alkyl halides is 3. The fourth-order valence-corrected chi connectivity index (χ4v) is 5.32. The number of fused-ring (bicyclic) bond motifs is 1. The molecule has 0 N–H and O–H groups in total. The van der Waals surface area contributed by atoms with E-state index in [-0.39, 0.29) is 40.1 Å². The van der Waals surface area contributed by atoms with Crippen LogP contribution in [0.15, 0.2) is 69.9 Å². The molecule has 0 radical (unpaired) electrons. The van der Waals surface area contributed by atoms with Crippen LogP contribution < -0.4 is 14.9 Å². The molecule has 10 heteroatoms. The highest BCUT2D eigenvalue weighted by molar-refractivity contribution is 6.30. The number of hydrogen-bond acceptors (Lipinski definition) is 6. The van der Waals surface area contributed by atoms with Gasteiger partial charge in [-0.05, 0) is 86.4 Å². The van der Waals surface area contributed by atoms with Crippen LogP contribution in [-0.4, -0.2) is 24.0 Å². The summed E-state index contributed by atoms with van der Waals surface area (Å²) in [5.41, 5.74) is 0.110. The van der Waals surface area contributed by atoms with E-state index >= 15 is 0 Å². The fraction of sp³-hybridized carbons (Fsp3) is 0.333. The van der Waals surface area contributed by atoms with Gasteiger partial charge >= 0.3 is 12.1 Å². The van der Waals surface area contributed by atoms with Gasteiger partial charge in [0.05, 0.1) is 16.5 Å². The lowest BCUT2D eigenvalue weighted by Crippen LogP contribution is -2.25. The van der Waals surface area contributed by atoms with Gasteiger partial charge in [-0.2, -0.15) is 13.2 Å². The molecule has 1 fully saturated rings. The average Bonchev–Trinajstić information content (AvgIpc) is 3.25. The molecule has 2 heterocycles. The molecule has 226 valence electrons. The number of esters is 1. The van der Waals surface area contributed by atoms with E-state index in [1.165, 1.54) is 48.5 Å². The van der Waals surface area contributed by atoms with Crippen LogP contribution in [0, 0.1) is 0 Å². The molecule has 43 heavy (non-hydrogen) atoms. The minimum absolute atomic E-state index is 0.00755. The molecule has 1 aliphatic rings. The maximum absolute atomic E-state index is 14.4. The zero-order chi connectivity index (χ0) is 30.6. The Morgan fingerprint density at radius 1 is 0.953 bits per heavy atom. The number of benzene rings is 3. The van der Waals surface area contributed by atoms with Crippen LogP contribution in [-0.2, 0) is 19.1 Å². The third-order valence-corrected chi connectivity index (χ3v) is 7.63. The summed E-state index contributed by atoms with van der Waals surface area (Å²) >= 11 is 5.94. The van der Waals surface area contributed by atoms with Gasteiger partial charge in [0.15, 0.2) is 0 Å². The average molecular weight is 614 g/mol. The van der Waals surface area contributed by atoms with Gasteiger partial charge in [-0.15, -0.1) is 0 Å². The maximum atomic E-state index is 14.4. The third kappa shape index (κ3) is 7.22. The van der Waals surface area contributed by atoms with E-state index in [9.17, 15) is 22.8 Å². The van der Waals surface area contributed by atoms with Gasteiger partial charge in [0, 0.05) is 11.6 Å². The normalized spacial score (nSPS) is 14.4. The predicted octanol–water partition coefficient (Wildman–Crippen LogP) is 8.81. The van der Waals surface area contributed by atoms with Crippen LogP contribution in [0.1, 0.15) is 66.3 Å². The van der Waals surface area contributed by atoms with E-state index < -0.39 is 29.1 Å². The first-order chi connectivity index (χ1) is 20.6. The number of ether oxygens (including phenoxy) is 2. The summed E-state index contributed by atoms with van der Waals surface area (Å²) in [6.07, 6.45) is 0.575. The summed E-state index contributed by atoms with van der Waals surface area (Å²) in [6, 6.07) is 15.3. The molecule has 0 atom stereocenters. The van der Waals surface area contributed by atoms with E-state index in [0.717, 1.165) is 44.1 Å². The van der Waals surface area contributed by atoms with Crippen molar-refractivity contribution >= 4 is 28.5 Å². The Hall–Kier alpha value is -3.82. The highest BCUT2D eigenvalue weighted by Gasteiger charge is 2.41. The van der Waals surface area contributed by atoms with Gasteiger partial charge in [-0.25, -0.2) is 4.79 Å². The summed E-state index contributed by atoms with van der Waals surface area (Å²) in [7, 11) is 0. The molecule has 0 amide bonds. The van der Waals surface area contributed by atoms with E-state index in [4.69, 9.17) is 25.5 Å². The third-order valence-electron chi connectivity index (χ3n) is 7.38. The minimum atomic E-state index is -5.04. The van der Waals surface area contributed by atoms with Gasteiger partial charge in [0.1, 0.15) is 17.1 Å². The van der Waals surface area contributed by atoms with Crippen molar-refractivity contribution in [1.82, 2.24) is 4.90 Å². The Balaban J connectivity index is 1.62. The summed E-state index contributed by atoms with van der Waals surface area (Å²) < 4.78 is 60.0. The Labute approximate surface area is 252 Å². The predicted molar refractivity (Wildman–Crippen MR) is 158 cm³/mol. The summed E-state index contributed by atoms with van der Waals surface area (Å²) in [6.45, 7) is 3.55. The highest BCUT2D eigenvalue weighted by atomic mass is 35.5. The van der Waals surface area contributed by atoms with Crippen molar-refractivity contribution in [2.24, 2.45) is 0 Å². The Morgan fingerprint density at radius 2 is 1.63 bits per heavy atom. The molecule has 0 bridgehead atoms. The van der Waals surface area contributed by atoms with Crippen LogP contribution in [0.4, 0.5) is 13.2 Å². The number of carbonyl (C=O) groups excluding carboxylic acids is 1. The highest BCUT2D eigenvalue weighted by Crippen LogP contribution is 2.40. The number of rotatable bonds is 8. The molecule has 0 saturated carbocycles. The number of carbonyl (C=O) groups is 1. The van der Waals surface area contributed by atoms with Crippen molar-refractivity contribution in [3.05, 3.63) is 98.4 Å². The van der Waals surface area contributed by atoms with E-state index in [2.05, 4.69) is 4.90 Å². The molecule has 1 aliphatic heterocycles. The number of likely N-dealkylation sites (tertiary alicyclic amines) is 1. The lowest BCUT2D eigenvalue weighted by molar-refractivity contribution is -0.154. The lowest BCUT2D eigenvalue weighted by atomic mass is 10.1. The molecule has 3 aromatic carbocycles. The van der Waals surface area contributed by atoms with Gasteiger partial charge < -0.3 is 13.9 Å². The van der Waals surface area contributed by atoms with E-state index in [0.29, 0.717) is 18.1 Å². The standard InChI is InChI=1S/C33H31ClF3NO5/c1-2-7-21-8-14-24(15-9-21)41-30-28(39)25-16-17-27(42-32(40)22-10-12-23(34)13-11-22)26(20-38-18-5-3-4-6-19-38)29(25)43-31(30)33(35,36)37/h8-17H,2-7,18-20H2,1H3. The Kier molecular flexibility index (Phi) is 9.42. The Bertz CT molecular complexity index is 1640. The molecule has 1 aromatic heterocycles. The molecule has 1 saturated heterocycles. The Morgan fingerprint density at radius 3 is 2.26 bits per heavy atom. The molecule has 0 aliphatic carbocycles. The zero-order valence-electron chi connectivity index (χ0n) is 23.6. The molecule has 4 aromatic rings. The van der Waals surface area contributed by atoms with Crippen molar-refractivity contribution in [1.29, 1.82) is 0 Å². The molecular weight excluding hydrogens is 583 g/mol. The first kappa shape index (κ1) is 30.6. The summed E-state index contributed by atoms with van der Waals surface area (Å²) in [5, 5.41) is 0.321.